The molecule has 0 fully saturated rings. The molecule has 1 rings (SSSR count). The standard InChI is InChI=1S/C16H30N4/c1-9-12(10-2)20(8)14-11(3)13(17-7)18-15(19-14)16(4,5)6/h12H,9-10H2,1-8H3,(H,17,18,19). The fourth-order valence-electron chi connectivity index (χ4n) is 2.44. The summed E-state index contributed by atoms with van der Waals surface area (Å²) in [5.41, 5.74) is 1.07. The second kappa shape index (κ2) is 6.42. The van der Waals surface area contributed by atoms with Gasteiger partial charge in [-0.25, -0.2) is 9.97 Å². The zero-order valence-electron chi connectivity index (χ0n) is 14.3. The van der Waals surface area contributed by atoms with Gasteiger partial charge in [0, 0.05) is 31.1 Å². The molecule has 4 nitrogen and oxygen atoms in total. The van der Waals surface area contributed by atoms with Gasteiger partial charge >= 0.3 is 0 Å². The number of nitrogens with zero attached hydrogens (tertiary/aromatic N) is 3. The topological polar surface area (TPSA) is 41.1 Å². The van der Waals surface area contributed by atoms with Crippen molar-refractivity contribution in [3.05, 3.63) is 11.4 Å². The summed E-state index contributed by atoms with van der Waals surface area (Å²) in [7, 11) is 4.06. The Morgan fingerprint density at radius 3 is 2.10 bits per heavy atom. The molecule has 0 atom stereocenters. The van der Waals surface area contributed by atoms with Crippen molar-refractivity contribution in [2.75, 3.05) is 24.3 Å². The molecule has 0 spiro atoms. The normalized spacial score (nSPS) is 11.8. The lowest BCUT2D eigenvalue weighted by Gasteiger charge is -2.30. The Bertz CT molecular complexity index is 445. The monoisotopic (exact) mass is 278 g/mol. The van der Waals surface area contributed by atoms with Gasteiger partial charge < -0.3 is 10.2 Å². The predicted molar refractivity (Wildman–Crippen MR) is 87.8 cm³/mol. The highest BCUT2D eigenvalue weighted by Gasteiger charge is 2.23. The molecule has 0 amide bonds. The van der Waals surface area contributed by atoms with E-state index in [1.54, 1.807) is 0 Å². The van der Waals surface area contributed by atoms with Crippen molar-refractivity contribution in [3.8, 4) is 0 Å². The van der Waals surface area contributed by atoms with Gasteiger partial charge in [0.15, 0.2) is 0 Å². The van der Waals surface area contributed by atoms with Gasteiger partial charge in [-0.15, -0.1) is 0 Å². The maximum atomic E-state index is 4.84. The first-order valence-electron chi connectivity index (χ1n) is 7.55. The maximum absolute atomic E-state index is 4.84. The van der Waals surface area contributed by atoms with E-state index >= 15 is 0 Å². The number of hydrogen-bond donors (Lipinski definition) is 1. The maximum Gasteiger partial charge on any atom is 0.138 e. The van der Waals surface area contributed by atoms with Gasteiger partial charge in [-0.05, 0) is 19.8 Å². The molecule has 0 saturated heterocycles. The van der Waals surface area contributed by atoms with E-state index in [0.29, 0.717) is 6.04 Å². The van der Waals surface area contributed by atoms with Gasteiger partial charge in [0.05, 0.1) is 0 Å². The molecule has 0 aliphatic heterocycles. The molecule has 0 unspecified atom stereocenters. The molecule has 0 saturated carbocycles. The second-order valence-electron chi connectivity index (χ2n) is 6.43. The summed E-state index contributed by atoms with van der Waals surface area (Å²) in [6.45, 7) is 13.0. The van der Waals surface area contributed by atoms with Crippen molar-refractivity contribution in [1.82, 2.24) is 9.97 Å². The molecule has 0 radical (unpaired) electrons. The van der Waals surface area contributed by atoms with Crippen LogP contribution in [0, 0.1) is 6.92 Å². The summed E-state index contributed by atoms with van der Waals surface area (Å²) in [5.74, 6) is 2.86. The zero-order valence-corrected chi connectivity index (χ0v) is 14.3. The average Bonchev–Trinajstić information content (AvgIpc) is 2.38. The van der Waals surface area contributed by atoms with Crippen molar-refractivity contribution in [1.29, 1.82) is 0 Å². The van der Waals surface area contributed by atoms with E-state index in [1.165, 1.54) is 0 Å². The first-order valence-corrected chi connectivity index (χ1v) is 7.55. The summed E-state index contributed by atoms with van der Waals surface area (Å²) < 4.78 is 0. The number of aromatic nitrogens is 2. The third kappa shape index (κ3) is 3.41. The Morgan fingerprint density at radius 2 is 1.70 bits per heavy atom. The van der Waals surface area contributed by atoms with E-state index in [1.807, 2.05) is 7.05 Å². The molecule has 0 aliphatic rings. The van der Waals surface area contributed by atoms with Crippen LogP contribution in [0.15, 0.2) is 0 Å². The minimum absolute atomic E-state index is 0.0528. The van der Waals surface area contributed by atoms with Gasteiger partial charge in [-0.3, -0.25) is 0 Å². The average molecular weight is 278 g/mol. The van der Waals surface area contributed by atoms with Crippen LogP contribution in [0.1, 0.15) is 58.8 Å². The van der Waals surface area contributed by atoms with Gasteiger partial charge in [0.2, 0.25) is 0 Å². The van der Waals surface area contributed by atoms with E-state index < -0.39 is 0 Å². The molecule has 1 aromatic heterocycles. The number of anilines is 2. The molecule has 4 heteroatoms. The molecule has 1 N–H and O–H groups in total. The fourth-order valence-corrected chi connectivity index (χ4v) is 2.44. The van der Waals surface area contributed by atoms with Crippen LogP contribution in [0.3, 0.4) is 0 Å². The lowest BCUT2D eigenvalue weighted by atomic mass is 9.95. The third-order valence-electron chi connectivity index (χ3n) is 3.85. The van der Waals surface area contributed by atoms with Crippen LogP contribution >= 0.6 is 0 Å². The minimum atomic E-state index is -0.0528. The third-order valence-corrected chi connectivity index (χ3v) is 3.85. The molecule has 1 heterocycles. The van der Waals surface area contributed by atoms with Gasteiger partial charge in [0.1, 0.15) is 17.5 Å². The Labute approximate surface area is 124 Å². The van der Waals surface area contributed by atoms with E-state index in [4.69, 9.17) is 4.98 Å². The molecule has 0 aromatic carbocycles. The molecule has 114 valence electrons. The SMILES string of the molecule is CCC(CC)N(C)c1nc(C(C)(C)C)nc(NC)c1C. The number of nitrogens with one attached hydrogen (secondary N) is 1. The van der Waals surface area contributed by atoms with Crippen molar-refractivity contribution >= 4 is 11.6 Å². The molecular formula is C16H30N4. The van der Waals surface area contributed by atoms with Crippen molar-refractivity contribution in [2.24, 2.45) is 0 Å². The van der Waals surface area contributed by atoms with E-state index in [0.717, 1.165) is 35.9 Å². The molecule has 20 heavy (non-hydrogen) atoms. The van der Waals surface area contributed by atoms with Gasteiger partial charge in [-0.2, -0.15) is 0 Å². The first-order chi connectivity index (χ1) is 9.26. The van der Waals surface area contributed by atoms with Crippen LogP contribution < -0.4 is 10.2 Å². The Morgan fingerprint density at radius 1 is 1.15 bits per heavy atom. The van der Waals surface area contributed by atoms with Crippen LogP contribution in [0.2, 0.25) is 0 Å². The summed E-state index contributed by atoms with van der Waals surface area (Å²) >= 11 is 0. The molecule has 0 aliphatic carbocycles. The largest absolute Gasteiger partial charge is 0.373 e. The van der Waals surface area contributed by atoms with E-state index in [2.05, 4.69) is 63.8 Å². The summed E-state index contributed by atoms with van der Waals surface area (Å²) in [4.78, 5) is 11.8. The van der Waals surface area contributed by atoms with E-state index in [9.17, 15) is 0 Å². The highest BCUT2D eigenvalue weighted by Crippen LogP contribution is 2.29. The Balaban J connectivity index is 3.37. The highest BCUT2D eigenvalue weighted by molar-refractivity contribution is 5.59. The van der Waals surface area contributed by atoms with Crippen LogP contribution in [0.5, 0.6) is 0 Å². The number of hydrogen-bond acceptors (Lipinski definition) is 4. The lowest BCUT2D eigenvalue weighted by molar-refractivity contribution is 0.537. The summed E-state index contributed by atoms with van der Waals surface area (Å²) in [6, 6.07) is 0.515. The predicted octanol–water partition coefficient (Wildman–Crippen LogP) is 3.75. The van der Waals surface area contributed by atoms with Crippen molar-refractivity contribution in [2.45, 2.75) is 65.8 Å². The second-order valence-corrected chi connectivity index (χ2v) is 6.43. The smallest absolute Gasteiger partial charge is 0.138 e. The summed E-state index contributed by atoms with van der Waals surface area (Å²) in [5, 5.41) is 3.20. The minimum Gasteiger partial charge on any atom is -0.373 e. The zero-order chi connectivity index (χ0) is 15.5. The van der Waals surface area contributed by atoms with Gasteiger partial charge in [0.25, 0.3) is 0 Å². The molecule has 1 aromatic rings. The number of rotatable bonds is 5. The molecule has 0 bridgehead atoms. The highest BCUT2D eigenvalue weighted by atomic mass is 15.2. The quantitative estimate of drug-likeness (QED) is 0.890. The van der Waals surface area contributed by atoms with Crippen LogP contribution in [0.25, 0.3) is 0 Å². The molecular weight excluding hydrogens is 248 g/mol. The Hall–Kier alpha value is -1.32. The van der Waals surface area contributed by atoms with Crippen molar-refractivity contribution < 1.29 is 0 Å². The van der Waals surface area contributed by atoms with Crippen LogP contribution in [0.4, 0.5) is 11.6 Å². The van der Waals surface area contributed by atoms with Crippen molar-refractivity contribution in [3.63, 3.8) is 0 Å². The fraction of sp³-hybridized carbons (Fsp3) is 0.750. The van der Waals surface area contributed by atoms with Crippen LogP contribution in [-0.2, 0) is 5.41 Å². The Kier molecular flexibility index (Phi) is 5.37. The lowest BCUT2D eigenvalue weighted by Crippen LogP contribution is -2.33. The first kappa shape index (κ1) is 16.7. The van der Waals surface area contributed by atoms with E-state index in [-0.39, 0.29) is 5.41 Å². The van der Waals surface area contributed by atoms with Gasteiger partial charge in [-0.1, -0.05) is 34.6 Å². The van der Waals surface area contributed by atoms with Crippen LogP contribution in [-0.4, -0.2) is 30.1 Å². The summed E-state index contributed by atoms with van der Waals surface area (Å²) in [6.07, 6.45) is 2.24.